The monoisotopic (exact) mass is 700 g/mol. The molecule has 0 aromatic heterocycles. The second-order valence-corrected chi connectivity index (χ2v) is 10.9. The molecule has 2 unspecified atom stereocenters. The molecule has 0 saturated carbocycles. The van der Waals surface area contributed by atoms with Gasteiger partial charge in [-0.1, -0.05) is 72.8 Å². The van der Waals surface area contributed by atoms with Gasteiger partial charge in [-0.25, -0.2) is 19.2 Å². The third-order valence-corrected chi connectivity index (χ3v) is 6.70. The van der Waals surface area contributed by atoms with E-state index in [-0.39, 0.29) is 56.4 Å². The van der Waals surface area contributed by atoms with Crippen molar-refractivity contribution in [3.05, 3.63) is 144 Å². The standard InChI is InChI=1S/C20H22O6.C20H22O5/c21-19(17-7-3-1-4-8-17)25-15-13-23-11-12-24-14-16-26-20(22)18-9-5-2-6-10-18;1-15(13-24-19(21)17-9-5-3-6-10-17)23-14-16(2)25-20(22)18-11-7-4-8-12-18/h1-10H,11-16H2;3-12,15-16H,13-14H2,1-2H3. The minimum atomic E-state index is -0.403. The van der Waals surface area contributed by atoms with Crippen LogP contribution in [0.1, 0.15) is 55.3 Å². The first-order valence-corrected chi connectivity index (χ1v) is 16.5. The zero-order valence-electron chi connectivity index (χ0n) is 28.8. The van der Waals surface area contributed by atoms with Crippen molar-refractivity contribution in [1.29, 1.82) is 0 Å². The first kappa shape index (κ1) is 40.1. The van der Waals surface area contributed by atoms with E-state index in [2.05, 4.69) is 0 Å². The minimum Gasteiger partial charge on any atom is -0.460 e. The van der Waals surface area contributed by atoms with E-state index >= 15 is 0 Å². The first-order chi connectivity index (χ1) is 24.8. The number of ether oxygens (including phenoxy) is 7. The predicted molar refractivity (Wildman–Crippen MR) is 189 cm³/mol. The highest BCUT2D eigenvalue weighted by atomic mass is 16.6. The Morgan fingerprint density at radius 1 is 0.412 bits per heavy atom. The van der Waals surface area contributed by atoms with Gasteiger partial charge < -0.3 is 33.2 Å². The Morgan fingerprint density at radius 3 is 1.14 bits per heavy atom. The molecule has 270 valence electrons. The summed E-state index contributed by atoms with van der Waals surface area (Å²) in [6.07, 6.45) is -0.703. The van der Waals surface area contributed by atoms with Gasteiger partial charge in [0.05, 0.1) is 61.4 Å². The summed E-state index contributed by atoms with van der Waals surface area (Å²) in [6.45, 7) is 5.61. The van der Waals surface area contributed by atoms with Gasteiger partial charge in [-0.05, 0) is 62.4 Å². The lowest BCUT2D eigenvalue weighted by Gasteiger charge is -2.17. The van der Waals surface area contributed by atoms with Gasteiger partial charge in [0.1, 0.15) is 25.9 Å². The molecule has 0 radical (unpaired) electrons. The van der Waals surface area contributed by atoms with E-state index in [1.165, 1.54) is 0 Å². The van der Waals surface area contributed by atoms with Gasteiger partial charge >= 0.3 is 23.9 Å². The molecule has 0 aliphatic carbocycles. The van der Waals surface area contributed by atoms with E-state index in [1.807, 2.05) is 24.3 Å². The van der Waals surface area contributed by atoms with Crippen molar-refractivity contribution in [2.75, 3.05) is 52.9 Å². The highest BCUT2D eigenvalue weighted by molar-refractivity contribution is 5.90. The van der Waals surface area contributed by atoms with Crippen LogP contribution >= 0.6 is 0 Å². The number of carbonyl (C=O) groups is 4. The molecule has 11 heteroatoms. The van der Waals surface area contributed by atoms with E-state index in [1.54, 1.807) is 111 Å². The molecule has 4 rings (SSSR count). The maximum atomic E-state index is 11.9. The Bertz CT molecular complexity index is 1510. The van der Waals surface area contributed by atoms with Crippen LogP contribution in [0.3, 0.4) is 0 Å². The van der Waals surface area contributed by atoms with Crippen LogP contribution in [0.25, 0.3) is 0 Å². The summed E-state index contributed by atoms with van der Waals surface area (Å²) in [6, 6.07) is 35.1. The van der Waals surface area contributed by atoms with Crippen LogP contribution in [0.15, 0.2) is 121 Å². The summed E-state index contributed by atoms with van der Waals surface area (Å²) < 4.78 is 36.9. The lowest BCUT2D eigenvalue weighted by Crippen LogP contribution is -2.26. The van der Waals surface area contributed by atoms with Crippen LogP contribution in [0.2, 0.25) is 0 Å². The van der Waals surface area contributed by atoms with Gasteiger partial charge in [0.2, 0.25) is 0 Å². The maximum Gasteiger partial charge on any atom is 0.338 e. The van der Waals surface area contributed by atoms with Gasteiger partial charge in [0.15, 0.2) is 0 Å². The minimum absolute atomic E-state index is 0.132. The van der Waals surface area contributed by atoms with Gasteiger partial charge in [-0.2, -0.15) is 0 Å². The Morgan fingerprint density at radius 2 is 0.745 bits per heavy atom. The summed E-state index contributed by atoms with van der Waals surface area (Å²) in [4.78, 5) is 47.1. The Kier molecular flexibility index (Phi) is 18.8. The maximum absolute atomic E-state index is 11.9. The van der Waals surface area contributed by atoms with Crippen molar-refractivity contribution >= 4 is 23.9 Å². The molecular formula is C40H44O11. The molecule has 0 spiro atoms. The number of rotatable bonds is 19. The molecule has 0 fully saturated rings. The van der Waals surface area contributed by atoms with Crippen molar-refractivity contribution in [2.24, 2.45) is 0 Å². The zero-order chi connectivity index (χ0) is 36.5. The lowest BCUT2D eigenvalue weighted by atomic mass is 10.2. The van der Waals surface area contributed by atoms with Crippen molar-refractivity contribution in [3.63, 3.8) is 0 Å². The number of benzene rings is 4. The summed E-state index contributed by atoms with van der Waals surface area (Å²) in [5.41, 5.74) is 2.03. The van der Waals surface area contributed by atoms with Crippen LogP contribution in [-0.2, 0) is 33.2 Å². The van der Waals surface area contributed by atoms with E-state index < -0.39 is 6.10 Å². The quantitative estimate of drug-likeness (QED) is 0.0627. The van der Waals surface area contributed by atoms with Crippen molar-refractivity contribution in [2.45, 2.75) is 26.1 Å². The van der Waals surface area contributed by atoms with E-state index in [0.717, 1.165) is 0 Å². The summed E-state index contributed by atoms with van der Waals surface area (Å²) >= 11 is 0. The molecule has 4 aromatic carbocycles. The van der Waals surface area contributed by atoms with Gasteiger partial charge in [-0.3, -0.25) is 0 Å². The topological polar surface area (TPSA) is 133 Å². The normalized spacial score (nSPS) is 11.6. The average Bonchev–Trinajstić information content (AvgIpc) is 3.18. The van der Waals surface area contributed by atoms with Crippen molar-refractivity contribution < 1.29 is 52.3 Å². The van der Waals surface area contributed by atoms with E-state index in [9.17, 15) is 19.2 Å². The predicted octanol–water partition coefficient (Wildman–Crippen LogP) is 6.23. The van der Waals surface area contributed by atoms with E-state index in [4.69, 9.17) is 33.2 Å². The Balaban J connectivity index is 0.000000276. The van der Waals surface area contributed by atoms with Crippen LogP contribution in [0.5, 0.6) is 0 Å². The molecule has 0 saturated heterocycles. The fraction of sp³-hybridized carbons (Fsp3) is 0.300. The van der Waals surface area contributed by atoms with E-state index in [0.29, 0.717) is 48.7 Å². The number of esters is 4. The second-order valence-electron chi connectivity index (χ2n) is 10.9. The number of hydrogen-bond donors (Lipinski definition) is 0. The molecule has 4 aromatic rings. The van der Waals surface area contributed by atoms with Crippen LogP contribution < -0.4 is 0 Å². The van der Waals surface area contributed by atoms with Gasteiger partial charge in [-0.15, -0.1) is 0 Å². The van der Waals surface area contributed by atoms with Crippen LogP contribution in [0.4, 0.5) is 0 Å². The van der Waals surface area contributed by atoms with Crippen LogP contribution in [0, 0.1) is 0 Å². The third kappa shape index (κ3) is 16.7. The largest absolute Gasteiger partial charge is 0.460 e. The molecule has 11 nitrogen and oxygen atoms in total. The molecular weight excluding hydrogens is 656 g/mol. The fourth-order valence-electron chi connectivity index (χ4n) is 4.08. The highest BCUT2D eigenvalue weighted by Gasteiger charge is 2.15. The molecule has 0 N–H and O–H groups in total. The molecule has 0 bridgehead atoms. The number of hydrogen-bond acceptors (Lipinski definition) is 11. The summed E-state index contributed by atoms with van der Waals surface area (Å²) in [5, 5.41) is 0. The fourth-order valence-corrected chi connectivity index (χ4v) is 4.08. The SMILES string of the molecule is CC(COC(=O)c1ccccc1)OCC(C)OC(=O)c1ccccc1.O=C(OCCOCCOCCOC(=O)c1ccccc1)c1ccccc1. The number of carbonyl (C=O) groups excluding carboxylic acids is 4. The lowest BCUT2D eigenvalue weighted by molar-refractivity contribution is -0.0380. The Labute approximate surface area is 298 Å². The Hall–Kier alpha value is -5.36. The molecule has 0 amide bonds. The van der Waals surface area contributed by atoms with Gasteiger partial charge in [0.25, 0.3) is 0 Å². The highest BCUT2D eigenvalue weighted by Crippen LogP contribution is 2.07. The molecule has 51 heavy (non-hydrogen) atoms. The second kappa shape index (κ2) is 23.9. The van der Waals surface area contributed by atoms with Crippen molar-refractivity contribution in [1.82, 2.24) is 0 Å². The molecule has 0 aliphatic rings. The molecule has 0 heterocycles. The zero-order valence-corrected chi connectivity index (χ0v) is 28.8. The van der Waals surface area contributed by atoms with Crippen molar-refractivity contribution in [3.8, 4) is 0 Å². The summed E-state index contributed by atoms with van der Waals surface area (Å²) in [5.74, 6) is -1.52. The molecule has 2 atom stereocenters. The molecule has 0 aliphatic heterocycles. The summed E-state index contributed by atoms with van der Waals surface area (Å²) in [7, 11) is 0. The van der Waals surface area contributed by atoms with Crippen LogP contribution in [-0.4, -0.2) is 88.9 Å². The third-order valence-electron chi connectivity index (χ3n) is 6.70. The van der Waals surface area contributed by atoms with Gasteiger partial charge in [0, 0.05) is 0 Å². The average molecular weight is 701 g/mol. The first-order valence-electron chi connectivity index (χ1n) is 16.5. The smallest absolute Gasteiger partial charge is 0.338 e.